The van der Waals surface area contributed by atoms with E-state index in [9.17, 15) is 4.79 Å². The average molecular weight is 267 g/mol. The molecule has 0 aromatic heterocycles. The number of amides is 1. The SMILES string of the molecule is CC(C)N(C)C(=O)CN1CCCC1C1CCNCC1. The second-order valence-corrected chi connectivity index (χ2v) is 6.37. The molecule has 2 aliphatic heterocycles. The average Bonchev–Trinajstić information content (AvgIpc) is 2.86. The first kappa shape index (κ1) is 14.8. The predicted octanol–water partition coefficient (Wildman–Crippen LogP) is 1.32. The van der Waals surface area contributed by atoms with E-state index in [0.717, 1.165) is 25.6 Å². The molecule has 110 valence electrons. The first-order chi connectivity index (χ1) is 9.09. The normalized spacial score (nSPS) is 26.0. The monoisotopic (exact) mass is 267 g/mol. The molecule has 0 aromatic carbocycles. The summed E-state index contributed by atoms with van der Waals surface area (Å²) >= 11 is 0. The Labute approximate surface area is 117 Å². The Hall–Kier alpha value is -0.610. The van der Waals surface area contributed by atoms with Crippen molar-refractivity contribution in [1.29, 1.82) is 0 Å². The smallest absolute Gasteiger partial charge is 0.236 e. The van der Waals surface area contributed by atoms with Crippen LogP contribution >= 0.6 is 0 Å². The van der Waals surface area contributed by atoms with Crippen LogP contribution in [0.4, 0.5) is 0 Å². The van der Waals surface area contributed by atoms with Gasteiger partial charge >= 0.3 is 0 Å². The van der Waals surface area contributed by atoms with Gasteiger partial charge in [-0.1, -0.05) is 0 Å². The third-order valence-corrected chi connectivity index (χ3v) is 4.85. The summed E-state index contributed by atoms with van der Waals surface area (Å²) in [4.78, 5) is 16.6. The fourth-order valence-corrected chi connectivity index (χ4v) is 3.38. The zero-order valence-corrected chi connectivity index (χ0v) is 12.7. The topological polar surface area (TPSA) is 35.6 Å². The van der Waals surface area contributed by atoms with E-state index < -0.39 is 0 Å². The number of carbonyl (C=O) groups is 1. The Balaban J connectivity index is 1.89. The van der Waals surface area contributed by atoms with E-state index in [1.165, 1.54) is 25.7 Å². The Morgan fingerprint density at radius 2 is 2.00 bits per heavy atom. The van der Waals surface area contributed by atoms with Crippen molar-refractivity contribution < 1.29 is 4.79 Å². The van der Waals surface area contributed by atoms with Gasteiger partial charge in [-0.25, -0.2) is 0 Å². The molecule has 2 saturated heterocycles. The van der Waals surface area contributed by atoms with Gasteiger partial charge in [0, 0.05) is 19.1 Å². The standard InChI is InChI=1S/C15H29N3O/c1-12(2)17(3)15(19)11-18-10-4-5-14(18)13-6-8-16-9-7-13/h12-14,16H,4-11H2,1-3H3. The molecule has 0 bridgehead atoms. The van der Waals surface area contributed by atoms with E-state index in [4.69, 9.17) is 0 Å². The molecule has 2 rings (SSSR count). The van der Waals surface area contributed by atoms with Gasteiger partial charge in [0.25, 0.3) is 0 Å². The molecule has 0 saturated carbocycles. The second kappa shape index (κ2) is 6.71. The van der Waals surface area contributed by atoms with Crippen molar-refractivity contribution in [2.24, 2.45) is 5.92 Å². The van der Waals surface area contributed by atoms with Gasteiger partial charge < -0.3 is 10.2 Å². The van der Waals surface area contributed by atoms with Crippen LogP contribution in [0.3, 0.4) is 0 Å². The number of carbonyl (C=O) groups excluding carboxylic acids is 1. The van der Waals surface area contributed by atoms with Gasteiger partial charge in [0.15, 0.2) is 0 Å². The molecular weight excluding hydrogens is 238 g/mol. The number of rotatable bonds is 4. The first-order valence-corrected chi connectivity index (χ1v) is 7.80. The lowest BCUT2D eigenvalue weighted by atomic mass is 9.89. The third-order valence-electron chi connectivity index (χ3n) is 4.85. The number of piperidine rings is 1. The first-order valence-electron chi connectivity index (χ1n) is 7.80. The molecule has 1 N–H and O–H groups in total. The molecule has 1 atom stereocenters. The van der Waals surface area contributed by atoms with Gasteiger partial charge in [0.2, 0.25) is 5.91 Å². The van der Waals surface area contributed by atoms with Crippen molar-refractivity contribution in [1.82, 2.24) is 15.1 Å². The quantitative estimate of drug-likeness (QED) is 0.834. The second-order valence-electron chi connectivity index (χ2n) is 6.37. The van der Waals surface area contributed by atoms with Crippen LogP contribution in [0.1, 0.15) is 39.5 Å². The minimum absolute atomic E-state index is 0.274. The number of nitrogens with zero attached hydrogens (tertiary/aromatic N) is 2. The van der Waals surface area contributed by atoms with E-state index >= 15 is 0 Å². The highest BCUT2D eigenvalue weighted by atomic mass is 16.2. The highest BCUT2D eigenvalue weighted by Gasteiger charge is 2.33. The number of likely N-dealkylation sites (tertiary alicyclic amines) is 1. The van der Waals surface area contributed by atoms with Crippen LogP contribution in [0.15, 0.2) is 0 Å². The van der Waals surface area contributed by atoms with Crippen LogP contribution in [0.5, 0.6) is 0 Å². The summed E-state index contributed by atoms with van der Waals surface area (Å²) in [5, 5.41) is 3.43. The molecule has 1 unspecified atom stereocenters. The van der Waals surface area contributed by atoms with Crippen molar-refractivity contribution in [2.45, 2.75) is 51.6 Å². The molecule has 2 fully saturated rings. The Morgan fingerprint density at radius 3 is 2.63 bits per heavy atom. The predicted molar refractivity (Wildman–Crippen MR) is 78.1 cm³/mol. The van der Waals surface area contributed by atoms with E-state index in [2.05, 4.69) is 24.1 Å². The molecule has 4 heteroatoms. The molecule has 19 heavy (non-hydrogen) atoms. The van der Waals surface area contributed by atoms with E-state index in [0.29, 0.717) is 18.6 Å². The van der Waals surface area contributed by atoms with Gasteiger partial charge in [-0.2, -0.15) is 0 Å². The Bertz CT molecular complexity index is 300. The maximum absolute atomic E-state index is 12.2. The summed E-state index contributed by atoms with van der Waals surface area (Å²) < 4.78 is 0. The zero-order chi connectivity index (χ0) is 13.8. The molecule has 0 aliphatic carbocycles. The molecular formula is C15H29N3O. The lowest BCUT2D eigenvalue weighted by Gasteiger charge is -2.35. The van der Waals surface area contributed by atoms with Gasteiger partial charge in [-0.05, 0) is 65.1 Å². The van der Waals surface area contributed by atoms with Crippen LogP contribution in [-0.2, 0) is 4.79 Å². The summed E-state index contributed by atoms with van der Waals surface area (Å²) in [7, 11) is 1.92. The fourth-order valence-electron chi connectivity index (χ4n) is 3.38. The van der Waals surface area contributed by atoms with Crippen LogP contribution in [0.25, 0.3) is 0 Å². The molecule has 1 amide bonds. The Morgan fingerprint density at radius 1 is 1.32 bits per heavy atom. The summed E-state index contributed by atoms with van der Waals surface area (Å²) in [5.41, 5.74) is 0. The van der Waals surface area contributed by atoms with Gasteiger partial charge in [0.1, 0.15) is 0 Å². The summed E-state index contributed by atoms with van der Waals surface area (Å²) in [6.07, 6.45) is 5.08. The molecule has 0 radical (unpaired) electrons. The van der Waals surface area contributed by atoms with Crippen LogP contribution < -0.4 is 5.32 Å². The maximum Gasteiger partial charge on any atom is 0.236 e. The third kappa shape index (κ3) is 3.69. The van der Waals surface area contributed by atoms with Crippen LogP contribution in [-0.4, -0.2) is 61.0 Å². The number of hydrogen-bond donors (Lipinski definition) is 1. The van der Waals surface area contributed by atoms with E-state index in [1.54, 1.807) is 0 Å². The van der Waals surface area contributed by atoms with Crippen LogP contribution in [0.2, 0.25) is 0 Å². The van der Waals surface area contributed by atoms with Gasteiger partial charge in [-0.3, -0.25) is 9.69 Å². The van der Waals surface area contributed by atoms with Crippen molar-refractivity contribution in [3.63, 3.8) is 0 Å². The molecule has 2 heterocycles. The number of likely N-dealkylation sites (N-methyl/N-ethyl adjacent to an activating group) is 1. The van der Waals surface area contributed by atoms with Crippen LogP contribution in [0, 0.1) is 5.92 Å². The fraction of sp³-hybridized carbons (Fsp3) is 0.933. The molecule has 0 aromatic rings. The molecule has 2 aliphatic rings. The van der Waals surface area contributed by atoms with Crippen molar-refractivity contribution in [3.05, 3.63) is 0 Å². The number of nitrogens with one attached hydrogen (secondary N) is 1. The van der Waals surface area contributed by atoms with Gasteiger partial charge in [0.05, 0.1) is 6.54 Å². The van der Waals surface area contributed by atoms with Crippen molar-refractivity contribution in [3.8, 4) is 0 Å². The minimum atomic E-state index is 0.274. The largest absolute Gasteiger partial charge is 0.342 e. The lowest BCUT2D eigenvalue weighted by Crippen LogP contribution is -2.46. The highest BCUT2D eigenvalue weighted by Crippen LogP contribution is 2.29. The van der Waals surface area contributed by atoms with Crippen molar-refractivity contribution in [2.75, 3.05) is 33.2 Å². The lowest BCUT2D eigenvalue weighted by molar-refractivity contribution is -0.133. The minimum Gasteiger partial charge on any atom is -0.342 e. The maximum atomic E-state index is 12.2. The van der Waals surface area contributed by atoms with E-state index in [-0.39, 0.29) is 5.91 Å². The molecule has 4 nitrogen and oxygen atoms in total. The van der Waals surface area contributed by atoms with Gasteiger partial charge in [-0.15, -0.1) is 0 Å². The molecule has 0 spiro atoms. The summed E-state index contributed by atoms with van der Waals surface area (Å²) in [6.45, 7) is 8.16. The van der Waals surface area contributed by atoms with Crippen molar-refractivity contribution >= 4 is 5.91 Å². The summed E-state index contributed by atoms with van der Waals surface area (Å²) in [6, 6.07) is 0.944. The summed E-state index contributed by atoms with van der Waals surface area (Å²) in [5.74, 6) is 1.07. The van der Waals surface area contributed by atoms with E-state index in [1.807, 2.05) is 11.9 Å². The zero-order valence-electron chi connectivity index (χ0n) is 12.7. The highest BCUT2D eigenvalue weighted by molar-refractivity contribution is 5.78. The number of hydrogen-bond acceptors (Lipinski definition) is 3. The Kier molecular flexibility index (Phi) is 5.22.